The maximum Gasteiger partial charge on any atom is 0.293 e. The van der Waals surface area contributed by atoms with Gasteiger partial charge in [-0.2, -0.15) is 0 Å². The van der Waals surface area contributed by atoms with Crippen molar-refractivity contribution in [2.45, 2.75) is 57.5 Å². The zero-order valence-electron chi connectivity index (χ0n) is 16.0. The third kappa shape index (κ3) is 4.01. The quantitative estimate of drug-likeness (QED) is 0.570. The van der Waals surface area contributed by atoms with Gasteiger partial charge < -0.3 is 10.6 Å². The average Bonchev–Trinajstić information content (AvgIpc) is 3.51. The number of benzene rings is 2. The molecule has 0 heterocycles. The van der Waals surface area contributed by atoms with E-state index in [-0.39, 0.29) is 23.7 Å². The number of amides is 1. The number of nitro benzene ring substituents is 1. The molecule has 0 spiro atoms. The zero-order chi connectivity index (χ0) is 19.7. The van der Waals surface area contributed by atoms with Crippen LogP contribution in [0.4, 0.5) is 11.4 Å². The summed E-state index contributed by atoms with van der Waals surface area (Å²) in [6.45, 7) is 2.00. The molecule has 146 valence electrons. The van der Waals surface area contributed by atoms with Crippen LogP contribution in [0.15, 0.2) is 36.4 Å². The fourth-order valence-corrected chi connectivity index (χ4v) is 3.78. The summed E-state index contributed by atoms with van der Waals surface area (Å²) in [7, 11) is 0. The van der Waals surface area contributed by atoms with Crippen molar-refractivity contribution in [3.63, 3.8) is 0 Å². The summed E-state index contributed by atoms with van der Waals surface area (Å²) >= 11 is 0. The molecule has 4 rings (SSSR count). The van der Waals surface area contributed by atoms with Crippen molar-refractivity contribution in [2.24, 2.45) is 0 Å². The van der Waals surface area contributed by atoms with Crippen molar-refractivity contribution in [3.05, 3.63) is 68.8 Å². The highest BCUT2D eigenvalue weighted by atomic mass is 16.6. The van der Waals surface area contributed by atoms with E-state index in [0.29, 0.717) is 11.3 Å². The van der Waals surface area contributed by atoms with Crippen molar-refractivity contribution in [2.75, 3.05) is 5.32 Å². The van der Waals surface area contributed by atoms with Gasteiger partial charge >= 0.3 is 0 Å². The van der Waals surface area contributed by atoms with Gasteiger partial charge in [-0.25, -0.2) is 0 Å². The lowest BCUT2D eigenvalue weighted by molar-refractivity contribution is -0.384. The van der Waals surface area contributed by atoms with Gasteiger partial charge in [-0.3, -0.25) is 14.9 Å². The number of nitro groups is 1. The van der Waals surface area contributed by atoms with Gasteiger partial charge in [-0.1, -0.05) is 18.2 Å². The van der Waals surface area contributed by atoms with Crippen LogP contribution in [0.3, 0.4) is 0 Å². The van der Waals surface area contributed by atoms with Gasteiger partial charge in [0.25, 0.3) is 11.6 Å². The van der Waals surface area contributed by atoms with E-state index in [1.54, 1.807) is 12.1 Å². The van der Waals surface area contributed by atoms with Gasteiger partial charge in [0, 0.05) is 23.7 Å². The first-order chi connectivity index (χ1) is 13.5. The Morgan fingerprint density at radius 3 is 2.57 bits per heavy atom. The van der Waals surface area contributed by atoms with Crippen molar-refractivity contribution in [1.29, 1.82) is 0 Å². The number of hydrogen-bond acceptors (Lipinski definition) is 4. The molecule has 1 atom stereocenters. The molecule has 2 aliphatic carbocycles. The number of hydrogen-bond donors (Lipinski definition) is 2. The van der Waals surface area contributed by atoms with Gasteiger partial charge in [-0.15, -0.1) is 0 Å². The number of fused-ring (bicyclic) bond motifs is 1. The summed E-state index contributed by atoms with van der Waals surface area (Å²) in [6.07, 6.45) is 6.65. The van der Waals surface area contributed by atoms with Crippen molar-refractivity contribution in [3.8, 4) is 0 Å². The van der Waals surface area contributed by atoms with Gasteiger partial charge in [0.15, 0.2) is 0 Å². The molecule has 1 saturated carbocycles. The molecule has 2 N–H and O–H groups in total. The molecule has 0 saturated heterocycles. The van der Waals surface area contributed by atoms with Gasteiger partial charge in [0.2, 0.25) is 0 Å². The first-order valence-electron chi connectivity index (χ1n) is 9.99. The molecule has 2 aromatic carbocycles. The normalized spacial score (nSPS) is 16.8. The Morgan fingerprint density at radius 1 is 1.11 bits per heavy atom. The van der Waals surface area contributed by atoms with Crippen molar-refractivity contribution in [1.82, 2.24) is 5.32 Å². The summed E-state index contributed by atoms with van der Waals surface area (Å²) < 4.78 is 0. The minimum absolute atomic E-state index is 0.0722. The number of nitrogens with one attached hydrogen (secondary N) is 2. The second-order valence-corrected chi connectivity index (χ2v) is 7.84. The lowest BCUT2D eigenvalue weighted by Gasteiger charge is -2.20. The number of aryl methyl sites for hydroxylation is 2. The van der Waals surface area contributed by atoms with Crippen LogP contribution in [0.25, 0.3) is 0 Å². The lowest BCUT2D eigenvalue weighted by atomic mass is 9.89. The Labute approximate surface area is 164 Å². The number of rotatable bonds is 6. The molecule has 0 aliphatic heterocycles. The van der Waals surface area contributed by atoms with Crippen LogP contribution in [0.2, 0.25) is 0 Å². The van der Waals surface area contributed by atoms with Crippen LogP contribution < -0.4 is 10.6 Å². The molecular weight excluding hydrogens is 354 g/mol. The van der Waals surface area contributed by atoms with E-state index in [9.17, 15) is 14.9 Å². The van der Waals surface area contributed by atoms with E-state index in [4.69, 9.17) is 0 Å². The van der Waals surface area contributed by atoms with E-state index in [2.05, 4.69) is 28.8 Å². The molecule has 2 aliphatic rings. The first-order valence-corrected chi connectivity index (χ1v) is 9.99. The second-order valence-electron chi connectivity index (χ2n) is 7.84. The van der Waals surface area contributed by atoms with E-state index in [0.717, 1.165) is 31.2 Å². The molecule has 0 aromatic heterocycles. The maximum absolute atomic E-state index is 12.2. The van der Waals surface area contributed by atoms with Gasteiger partial charge in [0.1, 0.15) is 5.69 Å². The molecule has 2 aromatic rings. The Hall–Kier alpha value is -2.89. The third-order valence-electron chi connectivity index (χ3n) is 5.61. The van der Waals surface area contributed by atoms with Crippen LogP contribution in [0, 0.1) is 10.1 Å². The number of anilines is 1. The Bertz CT molecular complexity index is 921. The molecule has 1 fully saturated rings. The Balaban J connectivity index is 1.54. The minimum atomic E-state index is -0.435. The summed E-state index contributed by atoms with van der Waals surface area (Å²) in [5, 5.41) is 17.7. The zero-order valence-corrected chi connectivity index (χ0v) is 16.0. The predicted molar refractivity (Wildman–Crippen MR) is 109 cm³/mol. The van der Waals surface area contributed by atoms with Crippen LogP contribution in [-0.4, -0.2) is 16.9 Å². The SMILES string of the molecule is CC(Nc1ccc(C(=O)NC2CC2)cc1[N+](=O)[O-])c1ccc2c(c1)CCCC2. The van der Waals surface area contributed by atoms with Crippen LogP contribution in [-0.2, 0) is 12.8 Å². The summed E-state index contributed by atoms with van der Waals surface area (Å²) in [4.78, 5) is 23.3. The molecule has 6 nitrogen and oxygen atoms in total. The highest BCUT2D eigenvalue weighted by Gasteiger charge is 2.25. The fraction of sp³-hybridized carbons (Fsp3) is 0.409. The molecular formula is C22H25N3O3. The highest BCUT2D eigenvalue weighted by molar-refractivity contribution is 5.96. The second kappa shape index (κ2) is 7.62. The predicted octanol–water partition coefficient (Wildman–Crippen LogP) is 4.54. The highest BCUT2D eigenvalue weighted by Crippen LogP contribution is 2.31. The Kier molecular flexibility index (Phi) is 5.03. The minimum Gasteiger partial charge on any atom is -0.373 e. The van der Waals surface area contributed by atoms with Crippen molar-refractivity contribution < 1.29 is 9.72 Å². The van der Waals surface area contributed by atoms with Crippen LogP contribution in [0.1, 0.15) is 65.7 Å². The molecule has 28 heavy (non-hydrogen) atoms. The molecule has 0 radical (unpaired) electrons. The molecule has 0 bridgehead atoms. The van der Waals surface area contributed by atoms with Crippen molar-refractivity contribution >= 4 is 17.3 Å². The largest absolute Gasteiger partial charge is 0.373 e. The monoisotopic (exact) mass is 379 g/mol. The van der Waals surface area contributed by atoms with E-state index >= 15 is 0 Å². The van der Waals surface area contributed by atoms with Crippen LogP contribution >= 0.6 is 0 Å². The third-order valence-corrected chi connectivity index (χ3v) is 5.61. The van der Waals surface area contributed by atoms with Crippen LogP contribution in [0.5, 0.6) is 0 Å². The number of carbonyl (C=O) groups is 1. The standard InChI is InChI=1S/C22H25N3O3/c1-14(16-7-6-15-4-2-3-5-17(15)12-16)23-20-11-8-18(13-21(20)25(27)28)22(26)24-19-9-10-19/h6-8,11-14,19,23H,2-5,9-10H2,1H3,(H,24,26). The lowest BCUT2D eigenvalue weighted by Crippen LogP contribution is -2.25. The molecule has 6 heteroatoms. The summed E-state index contributed by atoms with van der Waals surface area (Å²) in [5.74, 6) is -0.250. The molecule has 1 unspecified atom stereocenters. The number of carbonyl (C=O) groups excluding carboxylic acids is 1. The topological polar surface area (TPSA) is 84.3 Å². The Morgan fingerprint density at radius 2 is 1.86 bits per heavy atom. The maximum atomic E-state index is 12.2. The van der Waals surface area contributed by atoms with Gasteiger partial charge in [0.05, 0.1) is 4.92 Å². The van der Waals surface area contributed by atoms with E-state index < -0.39 is 4.92 Å². The van der Waals surface area contributed by atoms with E-state index in [1.807, 2.05) is 6.92 Å². The molecule has 1 amide bonds. The summed E-state index contributed by atoms with van der Waals surface area (Å²) in [6, 6.07) is 11.3. The summed E-state index contributed by atoms with van der Waals surface area (Å²) in [5.41, 5.74) is 4.60. The fourth-order valence-electron chi connectivity index (χ4n) is 3.78. The first kappa shape index (κ1) is 18.5. The number of nitrogens with zero attached hydrogens (tertiary/aromatic N) is 1. The smallest absolute Gasteiger partial charge is 0.293 e. The van der Waals surface area contributed by atoms with Gasteiger partial charge in [-0.05, 0) is 74.3 Å². The van der Waals surface area contributed by atoms with E-state index in [1.165, 1.54) is 30.0 Å². The average molecular weight is 379 g/mol.